The van der Waals surface area contributed by atoms with E-state index < -0.39 is 38.8 Å². The second-order valence-corrected chi connectivity index (χ2v) is 7.52. The van der Waals surface area contributed by atoms with Crippen molar-refractivity contribution in [1.82, 2.24) is 0 Å². The van der Waals surface area contributed by atoms with Gasteiger partial charge >= 0.3 is 5.76 Å². The summed E-state index contributed by atoms with van der Waals surface area (Å²) in [7, 11) is -4.89. The third-order valence-electron chi connectivity index (χ3n) is 2.95. The van der Waals surface area contributed by atoms with Gasteiger partial charge in [0, 0.05) is 4.47 Å². The molecule has 2 aromatic rings. The van der Waals surface area contributed by atoms with Crippen LogP contribution in [0.1, 0.15) is 0 Å². The van der Waals surface area contributed by atoms with Crippen LogP contribution in [0.4, 0.5) is 18.9 Å². The van der Waals surface area contributed by atoms with E-state index in [1.165, 1.54) is 24.3 Å². The van der Waals surface area contributed by atoms with Gasteiger partial charge in [-0.2, -0.15) is 8.78 Å². The van der Waals surface area contributed by atoms with Gasteiger partial charge in [0.1, 0.15) is 0 Å². The van der Waals surface area contributed by atoms with Crippen LogP contribution >= 0.6 is 15.9 Å². The van der Waals surface area contributed by atoms with Gasteiger partial charge in [0.15, 0.2) is 18.2 Å². The fourth-order valence-corrected chi connectivity index (χ4v) is 3.05. The van der Waals surface area contributed by atoms with Crippen LogP contribution in [0.3, 0.4) is 0 Å². The highest BCUT2D eigenvalue weighted by Gasteiger charge is 2.29. The highest BCUT2D eigenvalue weighted by Crippen LogP contribution is 2.26. The molecule has 0 saturated carbocycles. The van der Waals surface area contributed by atoms with Crippen LogP contribution in [-0.4, -0.2) is 26.7 Å². The molecule has 10 heteroatoms. The molecule has 0 bridgehead atoms. The molecule has 0 atom stereocenters. The summed E-state index contributed by atoms with van der Waals surface area (Å²) in [5, 5.41) is 2.16. The van der Waals surface area contributed by atoms with Gasteiger partial charge in [0.2, 0.25) is 9.84 Å². The summed E-state index contributed by atoms with van der Waals surface area (Å²) in [6.45, 7) is -0.637. The number of alkyl halides is 2. The van der Waals surface area contributed by atoms with Crippen molar-refractivity contribution in [2.24, 2.45) is 0 Å². The summed E-state index contributed by atoms with van der Waals surface area (Å²) in [5.74, 6) is -5.35. The number of hydrogen-bond donors (Lipinski definition) is 1. The lowest BCUT2D eigenvalue weighted by Gasteiger charge is -2.12. The topological polar surface area (TPSA) is 72.5 Å². The Morgan fingerprint density at radius 2 is 1.88 bits per heavy atom. The minimum atomic E-state index is -4.89. The number of para-hydroxylation sites is 1. The summed E-state index contributed by atoms with van der Waals surface area (Å²) >= 11 is 3.07. The number of benzene rings is 2. The number of sulfone groups is 1. The van der Waals surface area contributed by atoms with Crippen molar-refractivity contribution in [2.75, 3.05) is 11.9 Å². The van der Waals surface area contributed by atoms with Crippen molar-refractivity contribution in [2.45, 2.75) is 10.7 Å². The molecule has 1 N–H and O–H groups in total. The summed E-state index contributed by atoms with van der Waals surface area (Å²) < 4.78 is 67.7. The Hall–Kier alpha value is -2.07. The first-order valence-electron chi connectivity index (χ1n) is 6.70. The number of anilines is 1. The molecule has 1 amide bonds. The second kappa shape index (κ2) is 7.87. The molecule has 0 aromatic heterocycles. The number of rotatable bonds is 6. The standard InChI is InChI=1S/C15H11BrF3NO4S/c16-9-5-6-12(10(17)7-9)24-8-14(21)20-11-3-1-2-4-13(11)25(22,23)15(18)19/h1-7,15H,8H2,(H,20,21). The zero-order valence-corrected chi connectivity index (χ0v) is 14.8. The van der Waals surface area contributed by atoms with Gasteiger partial charge in [0.25, 0.3) is 5.91 Å². The molecule has 0 fully saturated rings. The number of carbonyl (C=O) groups is 1. The van der Waals surface area contributed by atoms with Gasteiger partial charge in [-0.3, -0.25) is 4.79 Å². The first-order valence-corrected chi connectivity index (χ1v) is 9.04. The quantitative estimate of drug-likeness (QED) is 0.749. The minimum Gasteiger partial charge on any atom is -0.481 e. The van der Waals surface area contributed by atoms with Crippen LogP contribution in [0.2, 0.25) is 0 Å². The summed E-state index contributed by atoms with van der Waals surface area (Å²) in [4.78, 5) is 11.1. The number of carbonyl (C=O) groups excluding carboxylic acids is 1. The third kappa shape index (κ3) is 4.73. The predicted octanol–water partition coefficient (Wildman–Crippen LogP) is 3.60. The van der Waals surface area contributed by atoms with Gasteiger partial charge in [-0.15, -0.1) is 0 Å². The molecule has 0 aliphatic carbocycles. The van der Waals surface area contributed by atoms with Crippen LogP contribution in [0.5, 0.6) is 5.75 Å². The van der Waals surface area contributed by atoms with Crippen molar-refractivity contribution in [3.63, 3.8) is 0 Å². The van der Waals surface area contributed by atoms with Crippen molar-refractivity contribution < 1.29 is 31.1 Å². The highest BCUT2D eigenvalue weighted by molar-refractivity contribution is 9.10. The highest BCUT2D eigenvalue weighted by atomic mass is 79.9. The van der Waals surface area contributed by atoms with Gasteiger partial charge < -0.3 is 10.1 Å². The first kappa shape index (κ1) is 19.3. The molecule has 25 heavy (non-hydrogen) atoms. The van der Waals surface area contributed by atoms with E-state index in [1.54, 1.807) is 0 Å². The molecule has 2 rings (SSSR count). The average molecular weight is 438 g/mol. The van der Waals surface area contributed by atoms with E-state index in [2.05, 4.69) is 21.2 Å². The van der Waals surface area contributed by atoms with Crippen molar-refractivity contribution in [1.29, 1.82) is 0 Å². The number of hydrogen-bond acceptors (Lipinski definition) is 4. The van der Waals surface area contributed by atoms with Gasteiger partial charge in [-0.1, -0.05) is 28.1 Å². The van der Waals surface area contributed by atoms with Crippen LogP contribution in [0.15, 0.2) is 51.8 Å². The van der Waals surface area contributed by atoms with E-state index in [1.807, 2.05) is 0 Å². The Morgan fingerprint density at radius 3 is 2.52 bits per heavy atom. The largest absolute Gasteiger partial charge is 0.481 e. The Balaban J connectivity index is 2.11. The Labute approximate surface area is 149 Å². The van der Waals surface area contributed by atoms with E-state index in [4.69, 9.17) is 4.74 Å². The lowest BCUT2D eigenvalue weighted by molar-refractivity contribution is -0.118. The first-order chi connectivity index (χ1) is 11.7. The normalized spacial score (nSPS) is 11.4. The maximum atomic E-state index is 13.6. The smallest absolute Gasteiger partial charge is 0.341 e. The molecule has 0 radical (unpaired) electrons. The fraction of sp³-hybridized carbons (Fsp3) is 0.133. The molecule has 134 valence electrons. The molecule has 0 saturated heterocycles. The summed E-state index contributed by atoms with van der Waals surface area (Å²) in [6.07, 6.45) is 0. The lowest BCUT2D eigenvalue weighted by atomic mass is 10.3. The number of nitrogens with one attached hydrogen (secondary N) is 1. The Kier molecular flexibility index (Phi) is 6.07. The van der Waals surface area contributed by atoms with Crippen LogP contribution < -0.4 is 10.1 Å². The van der Waals surface area contributed by atoms with Crippen LogP contribution in [0, 0.1) is 5.82 Å². The maximum Gasteiger partial charge on any atom is 0.341 e. The molecule has 0 unspecified atom stereocenters. The molecule has 0 spiro atoms. The maximum absolute atomic E-state index is 13.6. The number of halogens is 4. The van der Waals surface area contributed by atoms with E-state index >= 15 is 0 Å². The third-order valence-corrected chi connectivity index (χ3v) is 4.89. The van der Waals surface area contributed by atoms with E-state index in [0.29, 0.717) is 4.47 Å². The Bertz CT molecular complexity index is 890. The van der Waals surface area contributed by atoms with E-state index in [-0.39, 0.29) is 11.4 Å². The number of ether oxygens (including phenoxy) is 1. The molecule has 2 aromatic carbocycles. The molecule has 0 heterocycles. The SMILES string of the molecule is O=C(COc1ccc(Br)cc1F)Nc1ccccc1S(=O)(=O)C(F)F. The molecule has 0 aliphatic heterocycles. The van der Waals surface area contributed by atoms with Gasteiger partial charge in [-0.25, -0.2) is 12.8 Å². The minimum absolute atomic E-state index is 0.188. The number of amides is 1. The second-order valence-electron chi connectivity index (χ2n) is 4.71. The monoisotopic (exact) mass is 437 g/mol. The van der Waals surface area contributed by atoms with Crippen molar-refractivity contribution in [3.05, 3.63) is 52.8 Å². The predicted molar refractivity (Wildman–Crippen MR) is 87.9 cm³/mol. The molecular weight excluding hydrogens is 427 g/mol. The van der Waals surface area contributed by atoms with Crippen molar-refractivity contribution in [3.8, 4) is 5.75 Å². The lowest BCUT2D eigenvalue weighted by Crippen LogP contribution is -2.22. The molecule has 5 nitrogen and oxygen atoms in total. The summed E-state index contributed by atoms with van der Waals surface area (Å²) in [6, 6.07) is 8.66. The molecule has 0 aliphatic rings. The van der Waals surface area contributed by atoms with Gasteiger partial charge in [-0.05, 0) is 30.3 Å². The fourth-order valence-electron chi connectivity index (χ4n) is 1.84. The van der Waals surface area contributed by atoms with E-state index in [0.717, 1.165) is 18.2 Å². The van der Waals surface area contributed by atoms with Gasteiger partial charge in [0.05, 0.1) is 10.6 Å². The zero-order chi connectivity index (χ0) is 18.6. The van der Waals surface area contributed by atoms with Crippen LogP contribution in [0.25, 0.3) is 0 Å². The average Bonchev–Trinajstić information content (AvgIpc) is 2.54. The van der Waals surface area contributed by atoms with Crippen molar-refractivity contribution >= 4 is 37.4 Å². The molecular formula is C15H11BrF3NO4S. The summed E-state index contributed by atoms with van der Waals surface area (Å²) in [5.41, 5.74) is -0.312. The zero-order valence-electron chi connectivity index (χ0n) is 12.4. The van der Waals surface area contributed by atoms with Crippen LogP contribution in [-0.2, 0) is 14.6 Å². The van der Waals surface area contributed by atoms with E-state index in [9.17, 15) is 26.4 Å². The Morgan fingerprint density at radius 1 is 1.20 bits per heavy atom.